The molecule has 0 saturated carbocycles. The molecular weight excluding hydrogens is 344 g/mol. The van der Waals surface area contributed by atoms with Gasteiger partial charge in [0.1, 0.15) is 12.0 Å². The lowest BCUT2D eigenvalue weighted by atomic mass is 10.00. The Bertz CT molecular complexity index is 1110. The second kappa shape index (κ2) is 6.65. The van der Waals surface area contributed by atoms with Crippen LogP contribution in [0.15, 0.2) is 60.6 Å². The summed E-state index contributed by atoms with van der Waals surface area (Å²) in [5.41, 5.74) is 6.92. The standard InChI is InChI=1S/C20H16N4OS/c1-12(2)16(25)7-13-4-3-5-14(6-13)19-18-15(17-9-21-11-26-17)8-22-20(18)24-10-23-19/h3-6,8-11H,1,7H2,2H3,(H,22,23,24). The molecule has 0 aliphatic heterocycles. The quantitative estimate of drug-likeness (QED) is 0.534. The van der Waals surface area contributed by atoms with Crippen molar-refractivity contribution >= 4 is 28.2 Å². The van der Waals surface area contributed by atoms with Crippen molar-refractivity contribution in [3.8, 4) is 21.7 Å². The Morgan fingerprint density at radius 3 is 2.96 bits per heavy atom. The number of Topliss-reactive ketones (excluding diaryl/α,β-unsaturated/α-hetero) is 1. The van der Waals surface area contributed by atoms with Gasteiger partial charge in [-0.2, -0.15) is 0 Å². The number of thiazole rings is 1. The van der Waals surface area contributed by atoms with E-state index in [9.17, 15) is 4.79 Å². The van der Waals surface area contributed by atoms with Gasteiger partial charge in [-0.3, -0.25) is 9.78 Å². The number of carbonyl (C=O) groups excluding carboxylic acids is 1. The molecule has 5 nitrogen and oxygen atoms in total. The summed E-state index contributed by atoms with van der Waals surface area (Å²) in [5, 5.41) is 0.958. The van der Waals surface area contributed by atoms with Gasteiger partial charge in [-0.15, -0.1) is 11.3 Å². The van der Waals surface area contributed by atoms with Gasteiger partial charge in [0, 0.05) is 29.9 Å². The Hall–Kier alpha value is -3.12. The number of allylic oxidation sites excluding steroid dienone is 1. The molecule has 0 saturated heterocycles. The summed E-state index contributed by atoms with van der Waals surface area (Å²) >= 11 is 1.57. The maximum atomic E-state index is 12.0. The Morgan fingerprint density at radius 1 is 1.31 bits per heavy atom. The molecule has 0 aliphatic rings. The van der Waals surface area contributed by atoms with Crippen LogP contribution in [0.4, 0.5) is 0 Å². The van der Waals surface area contributed by atoms with Crippen molar-refractivity contribution in [1.82, 2.24) is 19.9 Å². The first-order valence-electron chi connectivity index (χ1n) is 8.12. The van der Waals surface area contributed by atoms with Crippen molar-refractivity contribution in [1.29, 1.82) is 0 Å². The maximum Gasteiger partial charge on any atom is 0.162 e. The Kier molecular flexibility index (Phi) is 4.18. The van der Waals surface area contributed by atoms with Crippen molar-refractivity contribution in [3.05, 3.63) is 66.2 Å². The van der Waals surface area contributed by atoms with Crippen LogP contribution in [0.25, 0.3) is 32.7 Å². The van der Waals surface area contributed by atoms with E-state index >= 15 is 0 Å². The van der Waals surface area contributed by atoms with Gasteiger partial charge in [0.05, 0.1) is 21.5 Å². The number of nitrogens with zero attached hydrogens (tertiary/aromatic N) is 3. The number of carbonyl (C=O) groups is 1. The lowest BCUT2D eigenvalue weighted by molar-refractivity contribution is -0.114. The first-order chi connectivity index (χ1) is 12.6. The van der Waals surface area contributed by atoms with Crippen molar-refractivity contribution in [2.45, 2.75) is 13.3 Å². The minimum absolute atomic E-state index is 0.0435. The van der Waals surface area contributed by atoms with E-state index < -0.39 is 0 Å². The van der Waals surface area contributed by atoms with Gasteiger partial charge >= 0.3 is 0 Å². The molecule has 0 radical (unpaired) electrons. The number of nitrogens with one attached hydrogen (secondary N) is 1. The fourth-order valence-corrected chi connectivity index (χ4v) is 3.53. The molecule has 1 aromatic carbocycles. The molecule has 26 heavy (non-hydrogen) atoms. The third-order valence-electron chi connectivity index (χ3n) is 4.21. The van der Waals surface area contributed by atoms with Crippen LogP contribution >= 0.6 is 11.3 Å². The van der Waals surface area contributed by atoms with Crippen molar-refractivity contribution in [2.24, 2.45) is 0 Å². The zero-order chi connectivity index (χ0) is 18.1. The third-order valence-corrected chi connectivity index (χ3v) is 5.02. The fourth-order valence-electron chi connectivity index (χ4n) is 2.89. The number of fused-ring (bicyclic) bond motifs is 1. The Balaban J connectivity index is 1.84. The molecule has 0 amide bonds. The molecule has 4 aromatic rings. The van der Waals surface area contributed by atoms with E-state index in [0.717, 1.165) is 38.3 Å². The van der Waals surface area contributed by atoms with E-state index in [-0.39, 0.29) is 5.78 Å². The van der Waals surface area contributed by atoms with Crippen LogP contribution < -0.4 is 0 Å². The van der Waals surface area contributed by atoms with E-state index in [0.29, 0.717) is 12.0 Å². The molecule has 3 heterocycles. The van der Waals surface area contributed by atoms with Crippen LogP contribution in [-0.2, 0) is 11.2 Å². The number of hydrogen-bond donors (Lipinski definition) is 1. The van der Waals surface area contributed by atoms with E-state index in [2.05, 4.69) is 26.5 Å². The summed E-state index contributed by atoms with van der Waals surface area (Å²) in [5.74, 6) is 0.0435. The van der Waals surface area contributed by atoms with Crippen LogP contribution in [0.2, 0.25) is 0 Å². The van der Waals surface area contributed by atoms with Gasteiger partial charge in [-0.05, 0) is 24.1 Å². The fraction of sp³-hybridized carbons (Fsp3) is 0.100. The first-order valence-corrected chi connectivity index (χ1v) is 9.00. The molecule has 0 spiro atoms. The molecular formula is C20H16N4OS. The number of benzene rings is 1. The van der Waals surface area contributed by atoms with Crippen LogP contribution in [0.5, 0.6) is 0 Å². The SMILES string of the molecule is C=C(C)C(=O)Cc1cccc(-c2ncnc3[nH]cc(-c4cncs4)c23)c1. The largest absolute Gasteiger partial charge is 0.345 e. The minimum atomic E-state index is 0.0435. The van der Waals surface area contributed by atoms with Gasteiger partial charge in [0.2, 0.25) is 0 Å². The van der Waals surface area contributed by atoms with E-state index in [1.54, 1.807) is 24.6 Å². The van der Waals surface area contributed by atoms with Crippen LogP contribution in [0, 0.1) is 0 Å². The molecule has 128 valence electrons. The molecule has 1 N–H and O–H groups in total. The molecule has 0 fully saturated rings. The average molecular weight is 360 g/mol. The second-order valence-corrected chi connectivity index (χ2v) is 6.98. The lowest BCUT2D eigenvalue weighted by Gasteiger charge is -2.07. The zero-order valence-electron chi connectivity index (χ0n) is 14.2. The number of ketones is 1. The maximum absolute atomic E-state index is 12.0. The van der Waals surface area contributed by atoms with Gasteiger partial charge in [0.25, 0.3) is 0 Å². The number of aromatic amines is 1. The molecule has 0 bridgehead atoms. The second-order valence-electron chi connectivity index (χ2n) is 6.09. The predicted octanol–water partition coefficient (Wildman–Crippen LogP) is 4.44. The molecule has 6 heteroatoms. The number of aromatic nitrogens is 4. The summed E-state index contributed by atoms with van der Waals surface area (Å²) < 4.78 is 0. The highest BCUT2D eigenvalue weighted by Gasteiger charge is 2.15. The monoisotopic (exact) mass is 360 g/mol. The molecule has 0 atom stereocenters. The molecule has 3 aromatic heterocycles. The number of rotatable bonds is 5. The normalized spacial score (nSPS) is 11.0. The Morgan fingerprint density at radius 2 is 2.19 bits per heavy atom. The predicted molar refractivity (Wildman–Crippen MR) is 104 cm³/mol. The first kappa shape index (κ1) is 16.4. The van der Waals surface area contributed by atoms with Gasteiger partial charge in [-0.1, -0.05) is 24.8 Å². The topological polar surface area (TPSA) is 71.5 Å². The molecule has 4 rings (SSSR count). The van der Waals surface area contributed by atoms with Gasteiger partial charge < -0.3 is 4.98 Å². The van der Waals surface area contributed by atoms with Crippen LogP contribution in [0.3, 0.4) is 0 Å². The average Bonchev–Trinajstić information content (AvgIpc) is 3.30. The summed E-state index contributed by atoms with van der Waals surface area (Å²) in [6.45, 7) is 5.46. The van der Waals surface area contributed by atoms with E-state index in [4.69, 9.17) is 0 Å². The van der Waals surface area contributed by atoms with Crippen LogP contribution in [-0.4, -0.2) is 25.7 Å². The number of hydrogen-bond acceptors (Lipinski definition) is 5. The highest BCUT2D eigenvalue weighted by atomic mass is 32.1. The van der Waals surface area contributed by atoms with Gasteiger partial charge in [0.15, 0.2) is 5.78 Å². The van der Waals surface area contributed by atoms with Crippen LogP contribution in [0.1, 0.15) is 12.5 Å². The summed E-state index contributed by atoms with van der Waals surface area (Å²) in [6, 6.07) is 7.90. The Labute approximate surface area is 154 Å². The summed E-state index contributed by atoms with van der Waals surface area (Å²) in [6.07, 6.45) is 5.67. The van der Waals surface area contributed by atoms with Crippen molar-refractivity contribution in [2.75, 3.05) is 0 Å². The molecule has 0 aliphatic carbocycles. The van der Waals surface area contributed by atoms with E-state index in [1.165, 1.54) is 0 Å². The van der Waals surface area contributed by atoms with Crippen molar-refractivity contribution < 1.29 is 4.79 Å². The smallest absolute Gasteiger partial charge is 0.162 e. The van der Waals surface area contributed by atoms with Gasteiger partial charge in [-0.25, -0.2) is 9.97 Å². The lowest BCUT2D eigenvalue weighted by Crippen LogP contribution is -2.03. The summed E-state index contributed by atoms with van der Waals surface area (Å²) in [7, 11) is 0. The van der Waals surface area contributed by atoms with Crippen molar-refractivity contribution in [3.63, 3.8) is 0 Å². The van der Waals surface area contributed by atoms with E-state index in [1.807, 2.05) is 42.2 Å². The minimum Gasteiger partial charge on any atom is -0.345 e. The zero-order valence-corrected chi connectivity index (χ0v) is 15.0. The highest BCUT2D eigenvalue weighted by Crippen LogP contribution is 2.35. The third kappa shape index (κ3) is 2.95. The molecule has 0 unspecified atom stereocenters. The summed E-state index contributed by atoms with van der Waals surface area (Å²) in [4.78, 5) is 29.3. The number of H-pyrrole nitrogens is 1. The highest BCUT2D eigenvalue weighted by molar-refractivity contribution is 7.13.